The largest absolute Gasteiger partial charge is 0.325 e. The molecule has 21 heavy (non-hydrogen) atoms. The van der Waals surface area contributed by atoms with Gasteiger partial charge in [-0.3, -0.25) is 9.59 Å². The average molecular weight is 281 g/mol. The van der Waals surface area contributed by atoms with Crippen molar-refractivity contribution in [1.29, 1.82) is 0 Å². The fourth-order valence-corrected chi connectivity index (χ4v) is 2.65. The van der Waals surface area contributed by atoms with Crippen LogP contribution in [0.5, 0.6) is 0 Å². The number of hydrogen-bond donors (Lipinski definition) is 1. The molecule has 2 aliphatic rings. The second-order valence-corrected chi connectivity index (χ2v) is 5.05. The van der Waals surface area contributed by atoms with Crippen LogP contribution in [0.2, 0.25) is 0 Å². The van der Waals surface area contributed by atoms with Gasteiger partial charge >= 0.3 is 0 Å². The summed E-state index contributed by atoms with van der Waals surface area (Å²) in [5.41, 5.74) is -0.219. The molecule has 0 saturated carbocycles. The fourth-order valence-electron chi connectivity index (χ4n) is 2.65. The Hall–Kier alpha value is -2.69. The first-order valence-corrected chi connectivity index (χ1v) is 6.72. The number of nitrogens with zero attached hydrogens (tertiary/aromatic N) is 2. The average Bonchev–Trinajstić information content (AvgIpc) is 2.72. The van der Waals surface area contributed by atoms with Gasteiger partial charge in [-0.1, -0.05) is 36.4 Å². The van der Waals surface area contributed by atoms with E-state index in [1.807, 2.05) is 42.5 Å². The van der Waals surface area contributed by atoms with E-state index in [2.05, 4.69) is 10.3 Å². The number of amidine groups is 1. The minimum atomic E-state index is -1.18. The first-order chi connectivity index (χ1) is 10.1. The van der Waals surface area contributed by atoms with Gasteiger partial charge in [-0.15, -0.1) is 0 Å². The summed E-state index contributed by atoms with van der Waals surface area (Å²) in [7, 11) is 0. The number of carbonyl (C=O) groups excluding carboxylic acids is 2. The lowest BCUT2D eigenvalue weighted by Crippen LogP contribution is -2.62. The number of amides is 2. The Morgan fingerprint density at radius 2 is 2.05 bits per heavy atom. The summed E-state index contributed by atoms with van der Waals surface area (Å²) in [6, 6.07) is 9.58. The molecule has 1 N–H and O–H groups in total. The molecule has 0 radical (unpaired) electrons. The van der Waals surface area contributed by atoms with Crippen LogP contribution >= 0.6 is 0 Å². The fraction of sp³-hybridized carbons (Fsp3) is 0.188. The minimum Gasteiger partial charge on any atom is -0.325 e. The van der Waals surface area contributed by atoms with Crippen LogP contribution in [-0.4, -0.2) is 28.2 Å². The Bertz CT molecular complexity index is 676. The molecule has 0 saturated heterocycles. The molecule has 0 aliphatic carbocycles. The second kappa shape index (κ2) is 5.01. The van der Waals surface area contributed by atoms with E-state index in [0.717, 1.165) is 5.56 Å². The van der Waals surface area contributed by atoms with E-state index in [9.17, 15) is 9.59 Å². The standard InChI is InChI=1S/C16H15N3O2/c1-12(20)18-16(11-13-7-3-2-4-8-13)15(21)17-14-9-5-6-10-19(14)16/h2-10H,11H2,1H3,(H,18,20). The number of carbonyl (C=O) groups is 2. The van der Waals surface area contributed by atoms with Crippen molar-refractivity contribution < 1.29 is 9.59 Å². The smallest absolute Gasteiger partial charge is 0.295 e. The van der Waals surface area contributed by atoms with Crippen LogP contribution in [-0.2, 0) is 16.0 Å². The summed E-state index contributed by atoms with van der Waals surface area (Å²) in [4.78, 5) is 29.9. The number of aliphatic imine (C=N–C) groups is 1. The lowest BCUT2D eigenvalue weighted by Gasteiger charge is -2.36. The molecule has 2 amide bonds. The van der Waals surface area contributed by atoms with Gasteiger partial charge in [-0.2, -0.15) is 4.99 Å². The molecule has 2 heterocycles. The normalized spacial score (nSPS) is 23.0. The van der Waals surface area contributed by atoms with Crippen molar-refractivity contribution in [2.24, 2.45) is 4.99 Å². The lowest BCUT2D eigenvalue weighted by molar-refractivity contribution is -0.133. The number of benzene rings is 1. The molecule has 1 unspecified atom stereocenters. The molecule has 0 fully saturated rings. The minimum absolute atomic E-state index is 0.265. The SMILES string of the molecule is CC(=O)NC1(Cc2ccccc2)C(=O)N=C2C=CC=CN21. The third-order valence-electron chi connectivity index (χ3n) is 3.51. The molecular formula is C16H15N3O2. The Balaban J connectivity index is 2.02. The first kappa shape index (κ1) is 13.3. The number of nitrogens with one attached hydrogen (secondary N) is 1. The van der Waals surface area contributed by atoms with E-state index in [4.69, 9.17) is 0 Å². The molecule has 2 aliphatic heterocycles. The molecular weight excluding hydrogens is 266 g/mol. The Morgan fingerprint density at radius 3 is 2.76 bits per heavy atom. The maximum Gasteiger partial charge on any atom is 0.295 e. The van der Waals surface area contributed by atoms with E-state index < -0.39 is 5.66 Å². The summed E-state index contributed by atoms with van der Waals surface area (Å²) >= 11 is 0. The molecule has 5 nitrogen and oxygen atoms in total. The highest BCUT2D eigenvalue weighted by Gasteiger charge is 2.50. The third-order valence-corrected chi connectivity index (χ3v) is 3.51. The zero-order valence-electron chi connectivity index (χ0n) is 11.6. The van der Waals surface area contributed by atoms with E-state index in [1.165, 1.54) is 6.92 Å². The maximum absolute atomic E-state index is 12.5. The highest BCUT2D eigenvalue weighted by atomic mass is 16.2. The molecule has 1 aromatic rings. The maximum atomic E-state index is 12.5. The van der Waals surface area contributed by atoms with Crippen LogP contribution < -0.4 is 5.32 Å². The Kier molecular flexibility index (Phi) is 3.17. The van der Waals surface area contributed by atoms with E-state index in [-0.39, 0.29) is 11.8 Å². The second-order valence-electron chi connectivity index (χ2n) is 5.05. The van der Waals surface area contributed by atoms with Crippen molar-refractivity contribution in [2.75, 3.05) is 0 Å². The first-order valence-electron chi connectivity index (χ1n) is 6.72. The number of hydrogen-bond acceptors (Lipinski definition) is 3. The van der Waals surface area contributed by atoms with Crippen LogP contribution in [0, 0.1) is 0 Å². The van der Waals surface area contributed by atoms with E-state index in [0.29, 0.717) is 12.3 Å². The van der Waals surface area contributed by atoms with Crippen LogP contribution in [0.4, 0.5) is 0 Å². The van der Waals surface area contributed by atoms with Gasteiger partial charge in [0.25, 0.3) is 5.91 Å². The van der Waals surface area contributed by atoms with Crippen molar-refractivity contribution >= 4 is 17.6 Å². The van der Waals surface area contributed by atoms with Gasteiger partial charge in [-0.05, 0) is 17.7 Å². The monoisotopic (exact) mass is 281 g/mol. The van der Waals surface area contributed by atoms with Gasteiger partial charge in [0, 0.05) is 19.5 Å². The van der Waals surface area contributed by atoms with Gasteiger partial charge in [0.2, 0.25) is 11.6 Å². The molecule has 1 atom stereocenters. The van der Waals surface area contributed by atoms with E-state index >= 15 is 0 Å². The summed E-state index contributed by atoms with van der Waals surface area (Å²) in [6.45, 7) is 1.40. The summed E-state index contributed by atoms with van der Waals surface area (Å²) < 4.78 is 0. The zero-order chi connectivity index (χ0) is 14.9. The third kappa shape index (κ3) is 2.27. The van der Waals surface area contributed by atoms with Crippen molar-refractivity contribution in [3.8, 4) is 0 Å². The zero-order valence-corrected chi connectivity index (χ0v) is 11.6. The predicted molar refractivity (Wildman–Crippen MR) is 79.3 cm³/mol. The summed E-state index contributed by atoms with van der Waals surface area (Å²) in [5.74, 6) is -0.0707. The molecule has 0 spiro atoms. The van der Waals surface area contributed by atoms with Gasteiger partial charge < -0.3 is 10.2 Å². The topological polar surface area (TPSA) is 61.8 Å². The molecule has 0 aromatic heterocycles. The van der Waals surface area contributed by atoms with Crippen molar-refractivity contribution in [2.45, 2.75) is 19.0 Å². The molecule has 5 heteroatoms. The van der Waals surface area contributed by atoms with Gasteiger partial charge in [0.15, 0.2) is 0 Å². The van der Waals surface area contributed by atoms with Gasteiger partial charge in [0.05, 0.1) is 0 Å². The van der Waals surface area contributed by atoms with Crippen molar-refractivity contribution in [1.82, 2.24) is 10.2 Å². The molecule has 0 bridgehead atoms. The number of allylic oxidation sites excluding steroid dienone is 2. The van der Waals surface area contributed by atoms with Crippen LogP contribution in [0.15, 0.2) is 59.8 Å². The lowest BCUT2D eigenvalue weighted by atomic mass is 9.97. The van der Waals surface area contributed by atoms with Crippen LogP contribution in [0.1, 0.15) is 12.5 Å². The Labute approximate surface area is 122 Å². The van der Waals surface area contributed by atoms with Gasteiger partial charge in [0.1, 0.15) is 5.84 Å². The van der Waals surface area contributed by atoms with Crippen molar-refractivity contribution in [3.05, 3.63) is 60.3 Å². The molecule has 1 aromatic carbocycles. The van der Waals surface area contributed by atoms with E-state index in [1.54, 1.807) is 17.2 Å². The highest BCUT2D eigenvalue weighted by molar-refractivity contribution is 6.12. The summed E-state index contributed by atoms with van der Waals surface area (Å²) in [6.07, 6.45) is 7.51. The van der Waals surface area contributed by atoms with Crippen LogP contribution in [0.3, 0.4) is 0 Å². The number of rotatable bonds is 3. The molecule has 3 rings (SSSR count). The highest BCUT2D eigenvalue weighted by Crippen LogP contribution is 2.29. The Morgan fingerprint density at radius 1 is 1.29 bits per heavy atom. The number of fused-ring (bicyclic) bond motifs is 1. The summed E-state index contributed by atoms with van der Waals surface area (Å²) in [5, 5.41) is 2.79. The predicted octanol–water partition coefficient (Wildman–Crippen LogP) is 1.39. The van der Waals surface area contributed by atoms with Crippen molar-refractivity contribution in [3.63, 3.8) is 0 Å². The molecule has 106 valence electrons. The quantitative estimate of drug-likeness (QED) is 0.910. The van der Waals surface area contributed by atoms with Gasteiger partial charge in [-0.25, -0.2) is 0 Å². The van der Waals surface area contributed by atoms with Crippen LogP contribution in [0.25, 0.3) is 0 Å².